The number of ketones is 1. The smallest absolute Gasteiger partial charge is 0.295 e. The number of aliphatic hydroxyl groups is 1. The van der Waals surface area contributed by atoms with Crippen molar-refractivity contribution in [3.05, 3.63) is 101 Å². The van der Waals surface area contributed by atoms with E-state index in [1.807, 2.05) is 49.4 Å². The number of hydrogen-bond acceptors (Lipinski definition) is 5. The Balaban J connectivity index is 1.56. The minimum absolute atomic E-state index is 0.0661. The number of rotatable bonds is 5. The van der Waals surface area contributed by atoms with Crippen molar-refractivity contribution in [2.75, 3.05) is 6.54 Å². The number of aromatic nitrogens is 1. The Morgan fingerprint density at radius 3 is 2.70 bits per heavy atom. The van der Waals surface area contributed by atoms with Crippen molar-refractivity contribution >= 4 is 17.4 Å². The monoisotopic (exact) mass is 440 g/mol. The van der Waals surface area contributed by atoms with Gasteiger partial charge in [0.25, 0.3) is 11.7 Å². The van der Waals surface area contributed by atoms with Gasteiger partial charge in [0, 0.05) is 30.9 Å². The number of amides is 1. The molecular formula is C27H24N2O4. The molecule has 1 N–H and O–H groups in total. The molecule has 1 fully saturated rings. The van der Waals surface area contributed by atoms with Gasteiger partial charge in [-0.2, -0.15) is 0 Å². The van der Waals surface area contributed by atoms with Gasteiger partial charge in [-0.15, -0.1) is 0 Å². The van der Waals surface area contributed by atoms with E-state index in [0.717, 1.165) is 23.3 Å². The predicted molar refractivity (Wildman–Crippen MR) is 124 cm³/mol. The number of benzene rings is 2. The van der Waals surface area contributed by atoms with Crippen molar-refractivity contribution in [1.29, 1.82) is 0 Å². The summed E-state index contributed by atoms with van der Waals surface area (Å²) < 4.78 is 5.75. The average molecular weight is 440 g/mol. The SMILES string of the molecule is C[C@@H]1Cc2cc(/C(O)=C3\C(=O)C(=O)N(CCc4ccccc4)[C@@H]3c3cccnc3)ccc2O1. The molecule has 0 spiro atoms. The summed E-state index contributed by atoms with van der Waals surface area (Å²) in [6.07, 6.45) is 4.67. The molecule has 6 nitrogen and oxygen atoms in total. The number of likely N-dealkylation sites (tertiary alicyclic amines) is 1. The number of Topliss-reactive ketones (excluding diaryl/α,β-unsaturated/α-hetero) is 1. The van der Waals surface area contributed by atoms with Gasteiger partial charge >= 0.3 is 0 Å². The lowest BCUT2D eigenvalue weighted by atomic mass is 9.95. The van der Waals surface area contributed by atoms with Crippen LogP contribution in [0, 0.1) is 0 Å². The second-order valence-corrected chi connectivity index (χ2v) is 8.47. The molecule has 1 saturated heterocycles. The van der Waals surface area contributed by atoms with Gasteiger partial charge < -0.3 is 14.7 Å². The molecule has 2 aliphatic rings. The van der Waals surface area contributed by atoms with Crippen LogP contribution in [0.4, 0.5) is 0 Å². The number of nitrogens with zero attached hydrogens (tertiary/aromatic N) is 2. The van der Waals surface area contributed by atoms with Gasteiger partial charge in [-0.1, -0.05) is 36.4 Å². The Morgan fingerprint density at radius 2 is 1.94 bits per heavy atom. The van der Waals surface area contributed by atoms with Crippen LogP contribution in [0.25, 0.3) is 5.76 Å². The van der Waals surface area contributed by atoms with E-state index in [-0.39, 0.29) is 17.4 Å². The lowest BCUT2D eigenvalue weighted by Crippen LogP contribution is -2.31. The second kappa shape index (κ2) is 8.54. The van der Waals surface area contributed by atoms with E-state index in [1.54, 1.807) is 30.6 Å². The van der Waals surface area contributed by atoms with E-state index in [2.05, 4.69) is 4.98 Å². The first-order valence-electron chi connectivity index (χ1n) is 11.0. The van der Waals surface area contributed by atoms with Crippen LogP contribution in [0.1, 0.15) is 35.2 Å². The highest BCUT2D eigenvalue weighted by Gasteiger charge is 2.46. The molecule has 2 atom stereocenters. The zero-order valence-corrected chi connectivity index (χ0v) is 18.3. The zero-order chi connectivity index (χ0) is 22.9. The molecule has 3 aromatic rings. The van der Waals surface area contributed by atoms with Crippen molar-refractivity contribution < 1.29 is 19.4 Å². The Kier molecular flexibility index (Phi) is 5.42. The minimum atomic E-state index is -0.703. The van der Waals surface area contributed by atoms with E-state index >= 15 is 0 Å². The summed E-state index contributed by atoms with van der Waals surface area (Å²) in [5.74, 6) is -0.683. The first-order chi connectivity index (χ1) is 16.0. The van der Waals surface area contributed by atoms with Crippen LogP contribution >= 0.6 is 0 Å². The van der Waals surface area contributed by atoms with Gasteiger partial charge in [0.15, 0.2) is 0 Å². The van der Waals surface area contributed by atoms with E-state index < -0.39 is 17.7 Å². The summed E-state index contributed by atoms with van der Waals surface area (Å²) in [6, 6.07) is 18.1. The summed E-state index contributed by atoms with van der Waals surface area (Å²) in [7, 11) is 0. The highest BCUT2D eigenvalue weighted by Crippen LogP contribution is 2.40. The molecule has 0 aliphatic carbocycles. The number of hydrogen-bond donors (Lipinski definition) is 1. The Hall–Kier alpha value is -3.93. The van der Waals surface area contributed by atoms with Crippen LogP contribution in [0.15, 0.2) is 78.6 Å². The van der Waals surface area contributed by atoms with Crippen LogP contribution in [-0.2, 0) is 22.4 Å². The van der Waals surface area contributed by atoms with Crippen molar-refractivity contribution in [2.45, 2.75) is 31.9 Å². The number of ether oxygens (including phenoxy) is 1. The molecule has 1 aromatic heterocycles. The molecule has 166 valence electrons. The maximum absolute atomic E-state index is 13.2. The molecule has 2 aliphatic heterocycles. The standard InChI is InChI=1S/C27H24N2O4/c1-17-14-21-15-19(9-10-22(21)33-17)25(30)23-24(20-8-5-12-28-16-20)29(27(32)26(23)31)13-11-18-6-3-2-4-7-18/h2-10,12,15-17,24,30H,11,13-14H2,1H3/b25-23+/t17-,24-/m1/s1. The molecule has 0 saturated carbocycles. The van der Waals surface area contributed by atoms with E-state index in [0.29, 0.717) is 24.1 Å². The molecule has 0 radical (unpaired) electrons. The summed E-state index contributed by atoms with van der Waals surface area (Å²) >= 11 is 0. The van der Waals surface area contributed by atoms with Crippen molar-refractivity contribution in [1.82, 2.24) is 9.88 Å². The van der Waals surface area contributed by atoms with Gasteiger partial charge in [-0.05, 0) is 54.3 Å². The number of aliphatic hydroxyl groups excluding tert-OH is 1. The predicted octanol–water partition coefficient (Wildman–Crippen LogP) is 4.07. The number of carbonyl (C=O) groups is 2. The summed E-state index contributed by atoms with van der Waals surface area (Å²) in [5, 5.41) is 11.3. The van der Waals surface area contributed by atoms with Crippen LogP contribution in [-0.4, -0.2) is 39.3 Å². The second-order valence-electron chi connectivity index (χ2n) is 8.47. The first-order valence-corrected chi connectivity index (χ1v) is 11.0. The summed E-state index contributed by atoms with van der Waals surface area (Å²) in [5.41, 5.74) is 3.32. The molecule has 0 bridgehead atoms. The van der Waals surface area contributed by atoms with Crippen LogP contribution < -0.4 is 4.74 Å². The zero-order valence-electron chi connectivity index (χ0n) is 18.3. The summed E-state index contributed by atoms with van der Waals surface area (Å²) in [6.45, 7) is 2.33. The molecule has 0 unspecified atom stereocenters. The topological polar surface area (TPSA) is 79.7 Å². The van der Waals surface area contributed by atoms with Crippen molar-refractivity contribution in [3.63, 3.8) is 0 Å². The fraction of sp³-hybridized carbons (Fsp3) is 0.222. The number of pyridine rings is 1. The lowest BCUT2D eigenvalue weighted by molar-refractivity contribution is -0.139. The third kappa shape index (κ3) is 3.89. The molecule has 33 heavy (non-hydrogen) atoms. The van der Waals surface area contributed by atoms with Crippen molar-refractivity contribution in [3.8, 4) is 5.75 Å². The van der Waals surface area contributed by atoms with Gasteiger partial charge in [0.05, 0.1) is 11.6 Å². The Labute approximate surface area is 192 Å². The molecular weight excluding hydrogens is 416 g/mol. The van der Waals surface area contributed by atoms with Gasteiger partial charge in [0.2, 0.25) is 0 Å². The van der Waals surface area contributed by atoms with Gasteiger partial charge in [-0.3, -0.25) is 14.6 Å². The number of carbonyl (C=O) groups excluding carboxylic acids is 2. The van der Waals surface area contributed by atoms with Crippen molar-refractivity contribution in [2.24, 2.45) is 0 Å². The molecule has 5 rings (SSSR count). The normalized spacial score (nSPS) is 21.2. The largest absolute Gasteiger partial charge is 0.507 e. The molecule has 2 aromatic carbocycles. The van der Waals surface area contributed by atoms with E-state index in [9.17, 15) is 14.7 Å². The van der Waals surface area contributed by atoms with E-state index in [4.69, 9.17) is 4.74 Å². The quantitative estimate of drug-likeness (QED) is 0.368. The highest BCUT2D eigenvalue weighted by atomic mass is 16.5. The van der Waals surface area contributed by atoms with E-state index in [1.165, 1.54) is 4.90 Å². The Bertz CT molecular complexity index is 1240. The fourth-order valence-electron chi connectivity index (χ4n) is 4.61. The van der Waals surface area contributed by atoms with Gasteiger partial charge in [0.1, 0.15) is 17.6 Å². The lowest BCUT2D eigenvalue weighted by Gasteiger charge is -2.25. The highest BCUT2D eigenvalue weighted by molar-refractivity contribution is 6.46. The molecule has 6 heteroatoms. The third-order valence-corrected chi connectivity index (χ3v) is 6.19. The van der Waals surface area contributed by atoms with Crippen LogP contribution in [0.5, 0.6) is 5.75 Å². The minimum Gasteiger partial charge on any atom is -0.507 e. The van der Waals surface area contributed by atoms with Crippen LogP contribution in [0.2, 0.25) is 0 Å². The average Bonchev–Trinajstić information content (AvgIpc) is 3.34. The summed E-state index contributed by atoms with van der Waals surface area (Å²) in [4.78, 5) is 32.0. The third-order valence-electron chi connectivity index (χ3n) is 6.19. The first kappa shape index (κ1) is 20.9. The fourth-order valence-corrected chi connectivity index (χ4v) is 4.61. The number of fused-ring (bicyclic) bond motifs is 1. The Morgan fingerprint density at radius 1 is 1.12 bits per heavy atom. The molecule has 3 heterocycles. The maximum atomic E-state index is 13.2. The van der Waals surface area contributed by atoms with Gasteiger partial charge in [-0.25, -0.2) is 0 Å². The van der Waals surface area contributed by atoms with Crippen LogP contribution in [0.3, 0.4) is 0 Å². The maximum Gasteiger partial charge on any atom is 0.295 e. The molecule has 1 amide bonds.